The molecule has 0 bridgehead atoms. The summed E-state index contributed by atoms with van der Waals surface area (Å²) in [6, 6.07) is 21.0. The molecule has 0 radical (unpaired) electrons. The first-order valence-electron chi connectivity index (χ1n) is 8.48. The monoisotopic (exact) mass is 352 g/mol. The summed E-state index contributed by atoms with van der Waals surface area (Å²) in [7, 11) is -3.31. The van der Waals surface area contributed by atoms with Crippen molar-refractivity contribution in [1.29, 1.82) is 0 Å². The average Bonchev–Trinajstić information content (AvgIpc) is 2.51. The SMILES string of the molecule is C[Si](C)(C)OC(=C=C(c1ccccc1)[Si](C)(C)C)c1ccccc1. The molecule has 0 atom stereocenters. The van der Waals surface area contributed by atoms with Crippen molar-refractivity contribution < 1.29 is 4.43 Å². The Morgan fingerprint density at radius 3 is 1.58 bits per heavy atom. The molecule has 0 N–H and O–H groups in total. The van der Waals surface area contributed by atoms with Gasteiger partial charge in [-0.25, -0.2) is 0 Å². The predicted octanol–water partition coefficient (Wildman–Crippen LogP) is 6.44. The summed E-state index contributed by atoms with van der Waals surface area (Å²) in [4.78, 5) is 0. The third kappa shape index (κ3) is 5.38. The maximum Gasteiger partial charge on any atom is 0.243 e. The second-order valence-corrected chi connectivity index (χ2v) is 17.5. The highest BCUT2D eigenvalue weighted by atomic mass is 28.4. The Hall–Kier alpha value is -1.81. The molecule has 1 nitrogen and oxygen atoms in total. The molecular formula is C21H28OSi2. The molecule has 0 saturated heterocycles. The molecule has 3 heteroatoms. The fourth-order valence-corrected chi connectivity index (χ4v) is 4.77. The number of hydrogen-bond donors (Lipinski definition) is 0. The van der Waals surface area contributed by atoms with Crippen molar-refractivity contribution >= 4 is 27.3 Å². The van der Waals surface area contributed by atoms with E-state index in [0.29, 0.717) is 0 Å². The van der Waals surface area contributed by atoms with Crippen molar-refractivity contribution in [2.24, 2.45) is 0 Å². The molecule has 0 aromatic heterocycles. The van der Waals surface area contributed by atoms with E-state index in [9.17, 15) is 0 Å². The standard InChI is InChI=1S/C21H28OSi2/c1-23(2,3)21(19-15-11-8-12-16-19)17-20(22-24(4,5)6)18-13-9-7-10-14-18/h7-16H,1-6H3. The summed E-state index contributed by atoms with van der Waals surface area (Å²) < 4.78 is 6.42. The van der Waals surface area contributed by atoms with E-state index >= 15 is 0 Å². The van der Waals surface area contributed by atoms with Crippen LogP contribution in [0.1, 0.15) is 11.1 Å². The Balaban J connectivity index is 2.72. The van der Waals surface area contributed by atoms with Crippen LogP contribution in [0.25, 0.3) is 11.0 Å². The zero-order valence-corrected chi connectivity index (χ0v) is 17.7. The van der Waals surface area contributed by atoms with Crippen LogP contribution in [0.15, 0.2) is 66.4 Å². The maximum absolute atomic E-state index is 6.42. The van der Waals surface area contributed by atoms with Gasteiger partial charge < -0.3 is 4.43 Å². The van der Waals surface area contributed by atoms with Gasteiger partial charge in [-0.1, -0.05) is 86.0 Å². The molecule has 0 fully saturated rings. The highest BCUT2D eigenvalue weighted by Crippen LogP contribution is 2.28. The van der Waals surface area contributed by atoms with Crippen LogP contribution in [0, 0.1) is 0 Å². The van der Waals surface area contributed by atoms with Crippen molar-refractivity contribution in [2.75, 3.05) is 0 Å². The first-order chi connectivity index (χ1) is 11.2. The van der Waals surface area contributed by atoms with E-state index in [1.54, 1.807) is 0 Å². The van der Waals surface area contributed by atoms with Gasteiger partial charge in [0.2, 0.25) is 8.32 Å². The van der Waals surface area contributed by atoms with E-state index in [1.165, 1.54) is 10.8 Å². The Morgan fingerprint density at radius 1 is 0.708 bits per heavy atom. The van der Waals surface area contributed by atoms with Crippen LogP contribution in [0.5, 0.6) is 0 Å². The summed E-state index contributed by atoms with van der Waals surface area (Å²) in [6.07, 6.45) is 0. The van der Waals surface area contributed by atoms with Crippen LogP contribution in [-0.2, 0) is 4.43 Å². The van der Waals surface area contributed by atoms with Crippen molar-refractivity contribution in [3.63, 3.8) is 0 Å². The molecule has 0 spiro atoms. The van der Waals surface area contributed by atoms with E-state index in [2.05, 4.69) is 99.6 Å². The summed E-state index contributed by atoms with van der Waals surface area (Å²) in [5.41, 5.74) is 6.05. The first kappa shape index (κ1) is 18.5. The third-order valence-electron chi connectivity index (χ3n) is 3.50. The number of hydrogen-bond acceptors (Lipinski definition) is 1. The largest absolute Gasteiger partial charge is 0.539 e. The van der Waals surface area contributed by atoms with Crippen LogP contribution < -0.4 is 0 Å². The molecule has 24 heavy (non-hydrogen) atoms. The van der Waals surface area contributed by atoms with Crippen LogP contribution in [0.3, 0.4) is 0 Å². The number of rotatable bonds is 5. The van der Waals surface area contributed by atoms with Crippen LogP contribution in [-0.4, -0.2) is 16.4 Å². The minimum Gasteiger partial charge on any atom is -0.539 e. The topological polar surface area (TPSA) is 9.23 Å². The highest BCUT2D eigenvalue weighted by molar-refractivity contribution is 6.93. The maximum atomic E-state index is 6.42. The minimum absolute atomic E-state index is 0.885. The van der Waals surface area contributed by atoms with Gasteiger partial charge in [0, 0.05) is 5.56 Å². The van der Waals surface area contributed by atoms with Gasteiger partial charge in [-0.05, 0) is 30.4 Å². The minimum atomic E-state index is -1.73. The van der Waals surface area contributed by atoms with Crippen LogP contribution in [0.2, 0.25) is 39.3 Å². The Kier molecular flexibility index (Phi) is 5.71. The van der Waals surface area contributed by atoms with Gasteiger partial charge in [-0.3, -0.25) is 0 Å². The molecule has 0 heterocycles. The molecule has 0 unspecified atom stereocenters. The van der Waals surface area contributed by atoms with E-state index in [1.807, 2.05) is 6.07 Å². The Labute approximate surface area is 148 Å². The molecule has 2 aromatic rings. The van der Waals surface area contributed by atoms with Gasteiger partial charge in [-0.2, -0.15) is 0 Å². The van der Waals surface area contributed by atoms with Crippen molar-refractivity contribution in [3.05, 3.63) is 77.5 Å². The predicted molar refractivity (Wildman–Crippen MR) is 111 cm³/mol. The summed E-state index contributed by atoms with van der Waals surface area (Å²) in [6.45, 7) is 13.7. The van der Waals surface area contributed by atoms with E-state index in [0.717, 1.165) is 11.3 Å². The zero-order chi connectivity index (χ0) is 17.8. The van der Waals surface area contributed by atoms with Crippen molar-refractivity contribution in [2.45, 2.75) is 39.3 Å². The fraction of sp³-hybridized carbons (Fsp3) is 0.286. The normalized spacial score (nSPS) is 11.6. The summed E-state index contributed by atoms with van der Waals surface area (Å²) in [5, 5.41) is 1.31. The summed E-state index contributed by atoms with van der Waals surface area (Å²) >= 11 is 0. The molecular weight excluding hydrogens is 324 g/mol. The van der Waals surface area contributed by atoms with Gasteiger partial charge in [0.1, 0.15) is 0 Å². The van der Waals surface area contributed by atoms with Crippen LogP contribution in [0.4, 0.5) is 0 Å². The molecule has 0 aliphatic heterocycles. The van der Waals surface area contributed by atoms with E-state index < -0.39 is 16.4 Å². The van der Waals surface area contributed by atoms with E-state index in [-0.39, 0.29) is 0 Å². The fourth-order valence-electron chi connectivity index (χ4n) is 2.46. The third-order valence-corrected chi connectivity index (χ3v) is 6.23. The highest BCUT2D eigenvalue weighted by Gasteiger charge is 2.23. The number of benzene rings is 2. The van der Waals surface area contributed by atoms with Crippen molar-refractivity contribution in [3.8, 4) is 0 Å². The molecule has 126 valence electrons. The first-order valence-corrected chi connectivity index (χ1v) is 15.4. The lowest BCUT2D eigenvalue weighted by Gasteiger charge is -2.23. The second-order valence-electron chi connectivity index (χ2n) is 8.03. The summed E-state index contributed by atoms with van der Waals surface area (Å²) in [5.74, 6) is 0.885. The lowest BCUT2D eigenvalue weighted by atomic mass is 10.1. The molecule has 2 aromatic carbocycles. The molecule has 0 saturated carbocycles. The Bertz CT molecular complexity index is 729. The quantitative estimate of drug-likeness (QED) is 0.342. The second kappa shape index (κ2) is 7.39. The lowest BCUT2D eigenvalue weighted by molar-refractivity contribution is 0.515. The smallest absolute Gasteiger partial charge is 0.243 e. The van der Waals surface area contributed by atoms with Crippen molar-refractivity contribution in [1.82, 2.24) is 0 Å². The van der Waals surface area contributed by atoms with Crippen LogP contribution >= 0.6 is 0 Å². The Morgan fingerprint density at radius 2 is 1.17 bits per heavy atom. The van der Waals surface area contributed by atoms with E-state index in [4.69, 9.17) is 4.43 Å². The van der Waals surface area contributed by atoms with Gasteiger partial charge in [-0.15, -0.1) is 0 Å². The van der Waals surface area contributed by atoms with Gasteiger partial charge in [0.15, 0.2) is 5.76 Å². The lowest BCUT2D eigenvalue weighted by Crippen LogP contribution is -2.25. The molecule has 0 amide bonds. The van der Waals surface area contributed by atoms with Gasteiger partial charge >= 0.3 is 0 Å². The molecule has 0 aliphatic rings. The van der Waals surface area contributed by atoms with Gasteiger partial charge in [0.05, 0.1) is 8.07 Å². The zero-order valence-electron chi connectivity index (χ0n) is 15.7. The average molecular weight is 353 g/mol. The molecule has 2 rings (SSSR count). The van der Waals surface area contributed by atoms with Gasteiger partial charge in [0.25, 0.3) is 0 Å². The molecule has 0 aliphatic carbocycles.